The second-order valence-corrected chi connectivity index (χ2v) is 3.85. The van der Waals surface area contributed by atoms with Crippen LogP contribution >= 0.6 is 11.3 Å². The number of rotatable bonds is 5. The van der Waals surface area contributed by atoms with Crippen LogP contribution in [0.3, 0.4) is 0 Å². The van der Waals surface area contributed by atoms with E-state index in [2.05, 4.69) is 4.98 Å². The van der Waals surface area contributed by atoms with Gasteiger partial charge in [0.15, 0.2) is 0 Å². The molecule has 0 saturated heterocycles. The summed E-state index contributed by atoms with van der Waals surface area (Å²) in [4.78, 5) is 24.3. The molecule has 0 spiro atoms. The molecule has 0 aromatic carbocycles. The lowest BCUT2D eigenvalue weighted by Gasteiger charge is -2.13. The quantitative estimate of drug-likeness (QED) is 0.562. The summed E-state index contributed by atoms with van der Waals surface area (Å²) in [7, 11) is 0. The number of aliphatic hydroxyl groups excluding tert-OH is 2. The van der Waals surface area contributed by atoms with Crippen LogP contribution in [0.2, 0.25) is 0 Å². The SMILES string of the molecule is O=C(O)CC(O)C(O)c1csc(C(=O)O)n1. The van der Waals surface area contributed by atoms with Crippen molar-refractivity contribution in [3.8, 4) is 0 Å². The van der Waals surface area contributed by atoms with Crippen molar-refractivity contribution in [1.82, 2.24) is 4.98 Å². The molecule has 0 aliphatic rings. The van der Waals surface area contributed by atoms with Gasteiger partial charge in [-0.05, 0) is 0 Å². The number of aromatic carboxylic acids is 1. The minimum Gasteiger partial charge on any atom is -0.481 e. The second-order valence-electron chi connectivity index (χ2n) is 2.99. The summed E-state index contributed by atoms with van der Waals surface area (Å²) < 4.78 is 0. The molecule has 0 radical (unpaired) electrons. The molecule has 0 fully saturated rings. The maximum absolute atomic E-state index is 10.5. The van der Waals surface area contributed by atoms with Crippen LogP contribution in [0.25, 0.3) is 0 Å². The smallest absolute Gasteiger partial charge is 0.365 e. The molecule has 1 aromatic rings. The Kier molecular flexibility index (Phi) is 3.93. The zero-order valence-corrected chi connectivity index (χ0v) is 8.72. The lowest BCUT2D eigenvalue weighted by molar-refractivity contribution is -0.141. The number of carboxylic acids is 2. The average Bonchev–Trinajstić information content (AvgIpc) is 2.64. The lowest BCUT2D eigenvalue weighted by atomic mass is 10.1. The first-order valence-corrected chi connectivity index (χ1v) is 5.06. The molecule has 1 aromatic heterocycles. The first-order valence-electron chi connectivity index (χ1n) is 4.18. The van der Waals surface area contributed by atoms with Gasteiger partial charge in [-0.2, -0.15) is 0 Å². The van der Waals surface area contributed by atoms with E-state index in [1.54, 1.807) is 0 Å². The number of hydrogen-bond donors (Lipinski definition) is 4. The Morgan fingerprint density at radius 3 is 2.44 bits per heavy atom. The van der Waals surface area contributed by atoms with Crippen LogP contribution in [0.1, 0.15) is 28.0 Å². The van der Waals surface area contributed by atoms with E-state index >= 15 is 0 Å². The van der Waals surface area contributed by atoms with E-state index in [-0.39, 0.29) is 10.7 Å². The molecule has 0 amide bonds. The third kappa shape index (κ3) is 2.99. The number of carbonyl (C=O) groups is 2. The van der Waals surface area contributed by atoms with Gasteiger partial charge in [0.05, 0.1) is 18.2 Å². The molecule has 1 heterocycles. The standard InChI is InChI=1S/C8H9NO6S/c10-4(1-5(11)12)6(13)3-2-16-7(9-3)8(14)15/h2,4,6,10,13H,1H2,(H,11,12)(H,14,15). The van der Waals surface area contributed by atoms with Crippen LogP contribution in [0, 0.1) is 0 Å². The molecule has 88 valence electrons. The Hall–Kier alpha value is -1.51. The second kappa shape index (κ2) is 5.01. The van der Waals surface area contributed by atoms with E-state index in [4.69, 9.17) is 10.2 Å². The molecule has 8 heteroatoms. The zero-order chi connectivity index (χ0) is 12.3. The van der Waals surface area contributed by atoms with Crippen molar-refractivity contribution in [2.24, 2.45) is 0 Å². The Labute approximate surface area is 93.6 Å². The van der Waals surface area contributed by atoms with E-state index in [1.165, 1.54) is 5.38 Å². The molecule has 0 aliphatic carbocycles. The summed E-state index contributed by atoms with van der Waals surface area (Å²) in [5, 5.41) is 36.7. The Morgan fingerprint density at radius 2 is 2.00 bits per heavy atom. The average molecular weight is 247 g/mol. The van der Waals surface area contributed by atoms with E-state index in [0.29, 0.717) is 0 Å². The highest BCUT2D eigenvalue weighted by atomic mass is 32.1. The van der Waals surface area contributed by atoms with Crippen molar-refractivity contribution in [1.29, 1.82) is 0 Å². The Morgan fingerprint density at radius 1 is 1.38 bits per heavy atom. The van der Waals surface area contributed by atoms with Gasteiger partial charge in [-0.3, -0.25) is 4.79 Å². The highest BCUT2D eigenvalue weighted by Crippen LogP contribution is 2.21. The molecular weight excluding hydrogens is 238 g/mol. The van der Waals surface area contributed by atoms with Crippen LogP contribution in [0.5, 0.6) is 0 Å². The number of aliphatic carboxylic acids is 1. The number of aromatic nitrogens is 1. The van der Waals surface area contributed by atoms with Crippen LogP contribution < -0.4 is 0 Å². The van der Waals surface area contributed by atoms with Crippen molar-refractivity contribution < 1.29 is 30.0 Å². The van der Waals surface area contributed by atoms with E-state index in [9.17, 15) is 19.8 Å². The minimum atomic E-state index is -1.51. The Balaban J connectivity index is 2.75. The van der Waals surface area contributed by atoms with Crippen LogP contribution in [-0.4, -0.2) is 43.5 Å². The first-order chi connectivity index (χ1) is 7.41. The monoisotopic (exact) mass is 247 g/mol. The van der Waals surface area contributed by atoms with Gasteiger partial charge in [0, 0.05) is 5.38 Å². The maximum atomic E-state index is 10.5. The third-order valence-electron chi connectivity index (χ3n) is 1.76. The van der Waals surface area contributed by atoms with Crippen LogP contribution in [-0.2, 0) is 4.79 Å². The molecule has 16 heavy (non-hydrogen) atoms. The van der Waals surface area contributed by atoms with E-state index in [1.807, 2.05) is 0 Å². The Bertz CT molecular complexity index is 403. The number of carboxylic acid groups (broad SMARTS) is 2. The molecule has 0 aliphatic heterocycles. The fourth-order valence-electron chi connectivity index (χ4n) is 1.01. The molecule has 1 rings (SSSR count). The van der Waals surface area contributed by atoms with Crippen molar-refractivity contribution in [2.45, 2.75) is 18.6 Å². The lowest BCUT2D eigenvalue weighted by Crippen LogP contribution is -2.22. The number of hydrogen-bond acceptors (Lipinski definition) is 6. The molecule has 2 atom stereocenters. The number of nitrogens with zero attached hydrogens (tertiary/aromatic N) is 1. The van der Waals surface area contributed by atoms with Gasteiger partial charge in [0.2, 0.25) is 5.01 Å². The summed E-state index contributed by atoms with van der Waals surface area (Å²) in [5.41, 5.74) is -0.0452. The topological polar surface area (TPSA) is 128 Å². The third-order valence-corrected chi connectivity index (χ3v) is 2.60. The van der Waals surface area contributed by atoms with Crippen molar-refractivity contribution >= 4 is 23.3 Å². The van der Waals surface area contributed by atoms with Crippen LogP contribution in [0.4, 0.5) is 0 Å². The van der Waals surface area contributed by atoms with Gasteiger partial charge in [0.1, 0.15) is 6.10 Å². The molecular formula is C8H9NO6S. The van der Waals surface area contributed by atoms with Crippen molar-refractivity contribution in [2.75, 3.05) is 0 Å². The normalized spacial score (nSPS) is 14.4. The highest BCUT2D eigenvalue weighted by molar-refractivity contribution is 7.11. The van der Waals surface area contributed by atoms with Crippen molar-refractivity contribution in [3.63, 3.8) is 0 Å². The maximum Gasteiger partial charge on any atom is 0.365 e. The molecule has 7 nitrogen and oxygen atoms in total. The molecule has 0 bridgehead atoms. The fourth-order valence-corrected chi connectivity index (χ4v) is 1.69. The van der Waals surface area contributed by atoms with Crippen LogP contribution in [0.15, 0.2) is 5.38 Å². The van der Waals surface area contributed by atoms with Gasteiger partial charge >= 0.3 is 11.9 Å². The first kappa shape index (κ1) is 12.6. The van der Waals surface area contributed by atoms with E-state index < -0.39 is 30.6 Å². The zero-order valence-electron chi connectivity index (χ0n) is 7.90. The van der Waals surface area contributed by atoms with Gasteiger partial charge in [0.25, 0.3) is 0 Å². The summed E-state index contributed by atoms with van der Waals surface area (Å²) in [6.45, 7) is 0. The van der Waals surface area contributed by atoms with Gasteiger partial charge in [-0.25, -0.2) is 9.78 Å². The van der Waals surface area contributed by atoms with Gasteiger partial charge in [-0.15, -0.1) is 11.3 Å². The predicted octanol–water partition coefficient (Wildman–Crippen LogP) is -0.290. The number of aliphatic hydroxyl groups is 2. The fraction of sp³-hybridized carbons (Fsp3) is 0.375. The largest absolute Gasteiger partial charge is 0.481 e. The summed E-state index contributed by atoms with van der Waals surface area (Å²) in [6.07, 6.45) is -3.65. The summed E-state index contributed by atoms with van der Waals surface area (Å²) in [6, 6.07) is 0. The van der Waals surface area contributed by atoms with Gasteiger partial charge in [-0.1, -0.05) is 0 Å². The van der Waals surface area contributed by atoms with Gasteiger partial charge < -0.3 is 20.4 Å². The number of thiazole rings is 1. The summed E-state index contributed by atoms with van der Waals surface area (Å²) in [5.74, 6) is -2.50. The van der Waals surface area contributed by atoms with Crippen molar-refractivity contribution in [3.05, 3.63) is 16.1 Å². The minimum absolute atomic E-state index is 0.0452. The summed E-state index contributed by atoms with van der Waals surface area (Å²) >= 11 is 0.793. The molecule has 4 N–H and O–H groups in total. The van der Waals surface area contributed by atoms with E-state index in [0.717, 1.165) is 11.3 Å². The molecule has 2 unspecified atom stereocenters. The predicted molar refractivity (Wildman–Crippen MR) is 52.3 cm³/mol. The highest BCUT2D eigenvalue weighted by Gasteiger charge is 2.24. The molecule has 0 saturated carbocycles.